The summed E-state index contributed by atoms with van der Waals surface area (Å²) in [4.78, 5) is 26.5. The van der Waals surface area contributed by atoms with Crippen LogP contribution in [0.1, 0.15) is 5.56 Å². The number of aromatic nitrogens is 4. The third kappa shape index (κ3) is 2.62. The lowest BCUT2D eigenvalue weighted by atomic mass is 10.2. The Morgan fingerprint density at radius 2 is 2.00 bits per heavy atom. The summed E-state index contributed by atoms with van der Waals surface area (Å²) < 4.78 is 0. The van der Waals surface area contributed by atoms with Gasteiger partial charge in [-0.3, -0.25) is 9.78 Å². The van der Waals surface area contributed by atoms with E-state index in [-0.39, 0.29) is 22.7 Å². The first-order chi connectivity index (χ1) is 9.72. The highest BCUT2D eigenvalue weighted by Crippen LogP contribution is 2.20. The Bertz CT molecular complexity index is 803. The molecule has 0 bridgehead atoms. The fourth-order valence-corrected chi connectivity index (χ4v) is 2.51. The van der Waals surface area contributed by atoms with Crippen LogP contribution in [0.15, 0.2) is 46.3 Å². The highest BCUT2D eigenvalue weighted by atomic mass is 32.2. The van der Waals surface area contributed by atoms with Crippen molar-refractivity contribution in [3.63, 3.8) is 0 Å². The number of aromatic amines is 1. The van der Waals surface area contributed by atoms with E-state index in [4.69, 9.17) is 5.73 Å². The third-order valence-electron chi connectivity index (χ3n) is 2.64. The quantitative estimate of drug-likeness (QED) is 0.709. The molecule has 3 aromatic rings. The molecule has 7 heteroatoms. The topological polar surface area (TPSA) is 97.5 Å². The summed E-state index contributed by atoms with van der Waals surface area (Å²) in [5.41, 5.74) is 6.73. The molecule has 3 rings (SSSR count). The zero-order valence-corrected chi connectivity index (χ0v) is 11.2. The predicted molar refractivity (Wildman–Crippen MR) is 78.4 cm³/mol. The van der Waals surface area contributed by atoms with Gasteiger partial charge >= 0.3 is 0 Å². The van der Waals surface area contributed by atoms with Crippen LogP contribution in [0.2, 0.25) is 0 Å². The van der Waals surface area contributed by atoms with E-state index >= 15 is 0 Å². The summed E-state index contributed by atoms with van der Waals surface area (Å²) in [6.07, 6.45) is 1.60. The van der Waals surface area contributed by atoms with Gasteiger partial charge in [0.2, 0.25) is 5.95 Å². The number of fused-ring (bicyclic) bond motifs is 1. The standard InChI is InChI=1S/C13H11N5OS/c14-13-17-11-10(12(19)18-13)16-9(6-15-11)20-7-8-4-2-1-3-5-8/h1-6H,7H2,(H3,14,15,17,18,19). The van der Waals surface area contributed by atoms with Crippen molar-refractivity contribution in [2.75, 3.05) is 5.73 Å². The van der Waals surface area contributed by atoms with Crippen molar-refractivity contribution in [3.8, 4) is 0 Å². The van der Waals surface area contributed by atoms with Gasteiger partial charge in [0.25, 0.3) is 5.56 Å². The molecule has 3 N–H and O–H groups in total. The summed E-state index contributed by atoms with van der Waals surface area (Å²) in [7, 11) is 0. The van der Waals surface area contributed by atoms with E-state index in [9.17, 15) is 4.79 Å². The molecular formula is C13H11N5OS. The largest absolute Gasteiger partial charge is 0.369 e. The first kappa shape index (κ1) is 12.6. The lowest BCUT2D eigenvalue weighted by molar-refractivity contribution is 1.06. The fourth-order valence-electron chi connectivity index (χ4n) is 1.72. The van der Waals surface area contributed by atoms with Gasteiger partial charge in [-0.1, -0.05) is 30.3 Å². The van der Waals surface area contributed by atoms with Crippen LogP contribution in [0.3, 0.4) is 0 Å². The summed E-state index contributed by atoms with van der Waals surface area (Å²) >= 11 is 1.52. The van der Waals surface area contributed by atoms with Gasteiger partial charge in [0.15, 0.2) is 11.2 Å². The molecule has 0 amide bonds. The summed E-state index contributed by atoms with van der Waals surface area (Å²) in [6.45, 7) is 0. The van der Waals surface area contributed by atoms with Crippen LogP contribution in [0, 0.1) is 0 Å². The first-order valence-corrected chi connectivity index (χ1v) is 6.90. The van der Waals surface area contributed by atoms with Gasteiger partial charge in [0.05, 0.1) is 6.20 Å². The van der Waals surface area contributed by atoms with E-state index in [1.165, 1.54) is 17.3 Å². The van der Waals surface area contributed by atoms with Crippen molar-refractivity contribution >= 4 is 28.9 Å². The maximum Gasteiger partial charge on any atom is 0.280 e. The molecule has 2 aromatic heterocycles. The Kier molecular flexibility index (Phi) is 3.34. The van der Waals surface area contributed by atoms with Crippen molar-refractivity contribution in [1.29, 1.82) is 0 Å². The lowest BCUT2D eigenvalue weighted by Gasteiger charge is -2.02. The van der Waals surface area contributed by atoms with Gasteiger partial charge in [0, 0.05) is 5.75 Å². The molecule has 0 unspecified atom stereocenters. The SMILES string of the molecule is Nc1nc2ncc(SCc3ccccc3)nc2c(=O)[nH]1. The van der Waals surface area contributed by atoms with Crippen molar-refractivity contribution in [2.45, 2.75) is 10.8 Å². The molecule has 0 spiro atoms. The molecule has 2 heterocycles. The molecule has 0 aliphatic rings. The van der Waals surface area contributed by atoms with E-state index in [1.54, 1.807) is 6.20 Å². The van der Waals surface area contributed by atoms with Crippen LogP contribution in [-0.2, 0) is 5.75 Å². The highest BCUT2D eigenvalue weighted by molar-refractivity contribution is 7.98. The number of rotatable bonds is 3. The van der Waals surface area contributed by atoms with Crippen molar-refractivity contribution in [3.05, 3.63) is 52.4 Å². The number of nitrogens with two attached hydrogens (primary N) is 1. The van der Waals surface area contributed by atoms with Gasteiger partial charge in [-0.2, -0.15) is 4.98 Å². The maximum atomic E-state index is 11.7. The second-order valence-electron chi connectivity index (χ2n) is 4.11. The molecule has 100 valence electrons. The Morgan fingerprint density at radius 3 is 2.80 bits per heavy atom. The molecule has 0 radical (unpaired) electrons. The third-order valence-corrected chi connectivity index (χ3v) is 3.61. The number of hydrogen-bond acceptors (Lipinski definition) is 6. The Balaban J connectivity index is 1.88. The zero-order valence-electron chi connectivity index (χ0n) is 10.4. The molecule has 0 fully saturated rings. The molecular weight excluding hydrogens is 274 g/mol. The van der Waals surface area contributed by atoms with Crippen LogP contribution in [0.25, 0.3) is 11.2 Å². The minimum absolute atomic E-state index is 0.0430. The summed E-state index contributed by atoms with van der Waals surface area (Å²) in [5.74, 6) is 0.808. The Labute approximate surface area is 118 Å². The lowest BCUT2D eigenvalue weighted by Crippen LogP contribution is -2.13. The highest BCUT2D eigenvalue weighted by Gasteiger charge is 2.07. The van der Waals surface area contributed by atoms with Gasteiger partial charge < -0.3 is 5.73 Å². The second kappa shape index (κ2) is 5.30. The number of thioether (sulfide) groups is 1. The molecule has 0 aliphatic carbocycles. The molecule has 0 saturated carbocycles. The number of hydrogen-bond donors (Lipinski definition) is 2. The van der Waals surface area contributed by atoms with Crippen molar-refractivity contribution in [2.24, 2.45) is 0 Å². The number of nitrogens with zero attached hydrogens (tertiary/aromatic N) is 3. The smallest absolute Gasteiger partial charge is 0.280 e. The molecule has 20 heavy (non-hydrogen) atoms. The first-order valence-electron chi connectivity index (χ1n) is 5.91. The number of nitrogens with one attached hydrogen (secondary N) is 1. The summed E-state index contributed by atoms with van der Waals surface area (Å²) in [6, 6.07) is 10.0. The molecule has 0 aliphatic heterocycles. The average Bonchev–Trinajstić information content (AvgIpc) is 2.46. The number of H-pyrrole nitrogens is 1. The Morgan fingerprint density at radius 1 is 1.20 bits per heavy atom. The predicted octanol–water partition coefficient (Wildman–Crippen LogP) is 1.59. The zero-order chi connectivity index (χ0) is 13.9. The number of nitrogen functional groups attached to an aromatic ring is 1. The van der Waals surface area contributed by atoms with Crippen molar-refractivity contribution in [1.82, 2.24) is 19.9 Å². The average molecular weight is 285 g/mol. The van der Waals surface area contributed by atoms with E-state index in [0.717, 1.165) is 5.75 Å². The molecule has 0 saturated heterocycles. The number of benzene rings is 1. The normalized spacial score (nSPS) is 10.8. The number of anilines is 1. The van der Waals surface area contributed by atoms with Gasteiger partial charge in [-0.15, -0.1) is 11.8 Å². The van der Waals surface area contributed by atoms with Crippen LogP contribution in [-0.4, -0.2) is 19.9 Å². The van der Waals surface area contributed by atoms with Gasteiger partial charge in [-0.05, 0) is 5.56 Å². The fraction of sp³-hybridized carbons (Fsp3) is 0.0769. The van der Waals surface area contributed by atoms with Crippen molar-refractivity contribution < 1.29 is 0 Å². The Hall–Kier alpha value is -2.41. The maximum absolute atomic E-state index is 11.7. The van der Waals surface area contributed by atoms with Crippen LogP contribution < -0.4 is 11.3 Å². The van der Waals surface area contributed by atoms with E-state index in [0.29, 0.717) is 5.03 Å². The monoisotopic (exact) mass is 285 g/mol. The second-order valence-corrected chi connectivity index (χ2v) is 5.10. The van der Waals surface area contributed by atoms with E-state index in [1.807, 2.05) is 30.3 Å². The summed E-state index contributed by atoms with van der Waals surface area (Å²) in [5, 5.41) is 0.679. The van der Waals surface area contributed by atoms with E-state index in [2.05, 4.69) is 19.9 Å². The van der Waals surface area contributed by atoms with Gasteiger partial charge in [-0.25, -0.2) is 9.97 Å². The minimum atomic E-state index is -0.373. The van der Waals surface area contributed by atoms with Gasteiger partial charge in [0.1, 0.15) is 5.03 Å². The molecule has 6 nitrogen and oxygen atoms in total. The van der Waals surface area contributed by atoms with Crippen LogP contribution in [0.5, 0.6) is 0 Å². The van der Waals surface area contributed by atoms with Crippen LogP contribution in [0.4, 0.5) is 5.95 Å². The van der Waals surface area contributed by atoms with Crippen LogP contribution >= 0.6 is 11.8 Å². The molecule has 0 atom stereocenters. The molecule has 1 aromatic carbocycles. The minimum Gasteiger partial charge on any atom is -0.369 e. The van der Waals surface area contributed by atoms with E-state index < -0.39 is 0 Å².